The second kappa shape index (κ2) is 13.1. The third-order valence-electron chi connectivity index (χ3n) is 10.5. The lowest BCUT2D eigenvalue weighted by Crippen LogP contribution is -2.60. The molecular formula is C35H47N9O2. The van der Waals surface area contributed by atoms with Gasteiger partial charge in [-0.1, -0.05) is 0 Å². The van der Waals surface area contributed by atoms with E-state index >= 15 is 0 Å². The summed E-state index contributed by atoms with van der Waals surface area (Å²) in [6.07, 6.45) is 10.3. The topological polar surface area (TPSA) is 125 Å². The van der Waals surface area contributed by atoms with Gasteiger partial charge < -0.3 is 35.8 Å². The van der Waals surface area contributed by atoms with E-state index < -0.39 is 5.91 Å². The summed E-state index contributed by atoms with van der Waals surface area (Å²) in [5.41, 5.74) is 11.2. The zero-order valence-electron chi connectivity index (χ0n) is 27.2. The van der Waals surface area contributed by atoms with Gasteiger partial charge in [0.2, 0.25) is 0 Å². The molecule has 4 aliphatic rings. The second-order valence-corrected chi connectivity index (χ2v) is 13.8. The Morgan fingerprint density at radius 3 is 2.33 bits per heavy atom. The number of nitrogens with two attached hydrogens (primary N) is 1. The van der Waals surface area contributed by atoms with Crippen LogP contribution in [0.15, 0.2) is 42.7 Å². The monoisotopic (exact) mass is 625 g/mol. The Hall–Kier alpha value is -3.80. The van der Waals surface area contributed by atoms with Crippen LogP contribution in [0.2, 0.25) is 0 Å². The van der Waals surface area contributed by atoms with Gasteiger partial charge in [-0.3, -0.25) is 9.78 Å². The highest BCUT2D eigenvalue weighted by atomic mass is 16.5. The quantitative estimate of drug-likeness (QED) is 0.334. The minimum atomic E-state index is -0.636. The van der Waals surface area contributed by atoms with Crippen LogP contribution >= 0.6 is 0 Å². The number of carbonyl (C=O) groups excluding carboxylic acids is 1. The number of benzene rings is 1. The lowest BCUT2D eigenvalue weighted by atomic mass is 9.72. The highest BCUT2D eigenvalue weighted by Gasteiger charge is 2.44. The fourth-order valence-corrected chi connectivity index (χ4v) is 8.02. The van der Waals surface area contributed by atoms with Crippen LogP contribution in [0.3, 0.4) is 0 Å². The molecule has 11 nitrogen and oxygen atoms in total. The number of nitrogens with one attached hydrogen (secondary N) is 2. The number of primary amides is 1. The molecule has 4 N–H and O–H groups in total. The number of pyridine rings is 1. The highest BCUT2D eigenvalue weighted by Crippen LogP contribution is 2.41. The average Bonchev–Trinajstić information content (AvgIpc) is 3.06. The summed E-state index contributed by atoms with van der Waals surface area (Å²) in [5, 5.41) is 6.93. The number of carbonyl (C=O) groups is 1. The minimum absolute atomic E-state index is 0.0982. The van der Waals surface area contributed by atoms with Crippen LogP contribution in [0.1, 0.15) is 54.6 Å². The molecule has 0 saturated carbocycles. The van der Waals surface area contributed by atoms with E-state index in [0.717, 1.165) is 37.2 Å². The molecule has 244 valence electrons. The number of amides is 1. The molecule has 1 amide bonds. The molecular weight excluding hydrogens is 578 g/mol. The molecule has 4 fully saturated rings. The fourth-order valence-electron chi connectivity index (χ4n) is 8.02. The maximum atomic E-state index is 12.6. The van der Waals surface area contributed by atoms with Crippen molar-refractivity contribution >= 4 is 28.9 Å². The molecule has 4 aliphatic heterocycles. The van der Waals surface area contributed by atoms with Crippen molar-refractivity contribution in [3.05, 3.63) is 54.0 Å². The zero-order chi connectivity index (χ0) is 31.7. The van der Waals surface area contributed by atoms with Crippen molar-refractivity contribution in [3.8, 4) is 11.3 Å². The number of likely N-dealkylation sites (tertiary alicyclic amines) is 2. The third-order valence-corrected chi connectivity index (χ3v) is 10.5. The molecule has 2 aromatic heterocycles. The summed E-state index contributed by atoms with van der Waals surface area (Å²) < 4.78 is 5.55. The van der Waals surface area contributed by atoms with E-state index in [1.54, 1.807) is 12.4 Å². The summed E-state index contributed by atoms with van der Waals surface area (Å²) in [6, 6.07) is 11.0. The lowest BCUT2D eigenvalue weighted by Gasteiger charge is -2.54. The molecule has 6 heterocycles. The van der Waals surface area contributed by atoms with Crippen LogP contribution in [-0.4, -0.2) is 102 Å². The van der Waals surface area contributed by atoms with Gasteiger partial charge >= 0.3 is 0 Å². The SMILES string of the molecule is Cc1cc(Nc2nc(NC3CCOCC3)c(-c3ccncc3)nc2C(N)=O)ccc1N1CCC(N2CCC3(CC2)CN(C)C3)CC1. The van der Waals surface area contributed by atoms with Crippen molar-refractivity contribution in [2.45, 2.75) is 57.5 Å². The molecule has 0 radical (unpaired) electrons. The van der Waals surface area contributed by atoms with Crippen LogP contribution in [0.4, 0.5) is 23.0 Å². The van der Waals surface area contributed by atoms with Gasteiger partial charge in [0.15, 0.2) is 17.3 Å². The number of ether oxygens (including phenoxy) is 1. The van der Waals surface area contributed by atoms with Crippen molar-refractivity contribution in [3.63, 3.8) is 0 Å². The van der Waals surface area contributed by atoms with Crippen LogP contribution in [0.5, 0.6) is 0 Å². The molecule has 7 rings (SSSR count). The molecule has 3 aromatic rings. The summed E-state index contributed by atoms with van der Waals surface area (Å²) >= 11 is 0. The largest absolute Gasteiger partial charge is 0.381 e. The lowest BCUT2D eigenvalue weighted by molar-refractivity contribution is -0.0419. The molecule has 0 aliphatic carbocycles. The fraction of sp³-hybridized carbons (Fsp3) is 0.543. The number of rotatable bonds is 8. The number of hydrogen-bond donors (Lipinski definition) is 3. The first kappa shape index (κ1) is 30.8. The van der Waals surface area contributed by atoms with Gasteiger partial charge in [0, 0.05) is 80.8 Å². The molecule has 46 heavy (non-hydrogen) atoms. The first-order valence-electron chi connectivity index (χ1n) is 16.9. The summed E-state index contributed by atoms with van der Waals surface area (Å²) in [7, 11) is 2.24. The number of nitrogens with zero attached hydrogens (tertiary/aromatic N) is 6. The van der Waals surface area contributed by atoms with E-state index in [0.29, 0.717) is 42.0 Å². The molecule has 11 heteroatoms. The minimum Gasteiger partial charge on any atom is -0.381 e. The Balaban J connectivity index is 1.05. The maximum Gasteiger partial charge on any atom is 0.271 e. The Morgan fingerprint density at radius 1 is 0.957 bits per heavy atom. The Labute approximate surface area is 271 Å². The number of aromatic nitrogens is 3. The van der Waals surface area contributed by atoms with Crippen LogP contribution < -0.4 is 21.3 Å². The van der Waals surface area contributed by atoms with E-state index in [9.17, 15) is 4.79 Å². The van der Waals surface area contributed by atoms with Crippen molar-refractivity contribution < 1.29 is 9.53 Å². The summed E-state index contributed by atoms with van der Waals surface area (Å²) in [6.45, 7) is 10.7. The standard InChI is InChI=1S/C35H47N9O2/c1-24-21-27(3-4-29(24)44-15-7-28(8-16-44)43-17-11-35(12-18-43)22-42(2)23-35)39-34-31(32(36)45)40-30(25-5-13-37-14-6-25)33(41-34)38-26-9-19-46-20-10-26/h3-6,13-14,21,26,28H,7-12,15-20,22-23H2,1-2H3,(H2,36,45)(H2,38,39,41). The normalized spacial score (nSPS) is 21.2. The average molecular weight is 626 g/mol. The zero-order valence-corrected chi connectivity index (χ0v) is 27.2. The Kier molecular flexibility index (Phi) is 8.80. The number of anilines is 4. The first-order valence-corrected chi connectivity index (χ1v) is 16.9. The highest BCUT2D eigenvalue weighted by molar-refractivity contribution is 5.97. The Bertz CT molecular complexity index is 1520. The van der Waals surface area contributed by atoms with Gasteiger partial charge in [0.05, 0.1) is 0 Å². The first-order chi connectivity index (χ1) is 22.4. The molecule has 1 aromatic carbocycles. The van der Waals surface area contributed by atoms with Gasteiger partial charge in [0.25, 0.3) is 5.91 Å². The summed E-state index contributed by atoms with van der Waals surface area (Å²) in [5.74, 6) is 0.304. The van der Waals surface area contributed by atoms with Gasteiger partial charge in [-0.25, -0.2) is 9.97 Å². The van der Waals surface area contributed by atoms with Gasteiger partial charge in [-0.15, -0.1) is 0 Å². The predicted octanol–water partition coefficient (Wildman–Crippen LogP) is 4.28. The molecule has 4 saturated heterocycles. The smallest absolute Gasteiger partial charge is 0.271 e. The third kappa shape index (κ3) is 6.54. The Morgan fingerprint density at radius 2 is 1.67 bits per heavy atom. The van der Waals surface area contributed by atoms with E-state index in [1.807, 2.05) is 12.1 Å². The van der Waals surface area contributed by atoms with E-state index in [4.69, 9.17) is 20.4 Å². The van der Waals surface area contributed by atoms with E-state index in [2.05, 4.69) is 62.5 Å². The molecule has 0 atom stereocenters. The van der Waals surface area contributed by atoms with Gasteiger partial charge in [-0.2, -0.15) is 0 Å². The number of piperidine rings is 2. The van der Waals surface area contributed by atoms with Crippen LogP contribution in [-0.2, 0) is 4.74 Å². The maximum absolute atomic E-state index is 12.6. The molecule has 0 bridgehead atoms. The van der Waals surface area contributed by atoms with Gasteiger partial charge in [0.1, 0.15) is 5.69 Å². The molecule has 1 spiro atoms. The van der Waals surface area contributed by atoms with Crippen molar-refractivity contribution in [1.82, 2.24) is 24.8 Å². The van der Waals surface area contributed by atoms with Gasteiger partial charge in [-0.05, 0) is 107 Å². The van der Waals surface area contributed by atoms with E-state index in [-0.39, 0.29) is 11.7 Å². The second-order valence-electron chi connectivity index (χ2n) is 13.8. The number of aryl methyl sites for hydroxylation is 1. The predicted molar refractivity (Wildman–Crippen MR) is 182 cm³/mol. The van der Waals surface area contributed by atoms with Crippen LogP contribution in [0.25, 0.3) is 11.3 Å². The van der Waals surface area contributed by atoms with Crippen LogP contribution in [0, 0.1) is 12.3 Å². The number of hydrogen-bond acceptors (Lipinski definition) is 10. The van der Waals surface area contributed by atoms with E-state index in [1.165, 1.54) is 63.1 Å². The molecule has 0 unspecified atom stereocenters. The van der Waals surface area contributed by atoms with Crippen molar-refractivity contribution in [1.29, 1.82) is 0 Å². The summed E-state index contributed by atoms with van der Waals surface area (Å²) in [4.78, 5) is 34.2. The van der Waals surface area contributed by atoms with Crippen molar-refractivity contribution in [2.75, 3.05) is 75.1 Å². The van der Waals surface area contributed by atoms with Crippen molar-refractivity contribution in [2.24, 2.45) is 11.1 Å².